The highest BCUT2D eigenvalue weighted by Gasteiger charge is 2.09. The lowest BCUT2D eigenvalue weighted by molar-refractivity contribution is 0.414. The molecular weight excluding hydrogens is 481 g/mol. The van der Waals surface area contributed by atoms with Gasteiger partial charge < -0.3 is 15.4 Å². The van der Waals surface area contributed by atoms with E-state index in [9.17, 15) is 4.39 Å². The number of benzene rings is 3. The molecule has 0 saturated carbocycles. The minimum absolute atomic E-state index is 0.253. The normalized spacial score (nSPS) is 11.1. The van der Waals surface area contributed by atoms with E-state index in [0.29, 0.717) is 18.9 Å². The van der Waals surface area contributed by atoms with Crippen molar-refractivity contribution in [2.24, 2.45) is 0 Å². The Hall–Kier alpha value is -5.05. The second kappa shape index (κ2) is 10.1. The van der Waals surface area contributed by atoms with Crippen LogP contribution in [0.2, 0.25) is 0 Å². The molecule has 0 aliphatic carbocycles. The molecule has 0 bridgehead atoms. The fourth-order valence-electron chi connectivity index (χ4n) is 4.33. The number of methoxy groups -OCH3 is 1. The first kappa shape index (κ1) is 23.4. The zero-order valence-corrected chi connectivity index (χ0v) is 20.6. The van der Waals surface area contributed by atoms with Crippen molar-refractivity contribution in [2.45, 2.75) is 13.1 Å². The summed E-state index contributed by atoms with van der Waals surface area (Å²) in [6.07, 6.45) is 5.06. The van der Waals surface area contributed by atoms with Crippen LogP contribution in [-0.4, -0.2) is 31.8 Å². The van der Waals surface area contributed by atoms with Gasteiger partial charge in [-0.1, -0.05) is 24.3 Å². The number of hydrogen-bond donors (Lipinski definition) is 2. The SMILES string of the molecule is COc1ccc(CNc2cc3c(Nc4ccc5c(cnn5Cc5cccc(F)c5)c4)ncnc3cn2)cc1. The Kier molecular flexibility index (Phi) is 6.23. The maximum absolute atomic E-state index is 13.6. The summed E-state index contributed by atoms with van der Waals surface area (Å²) < 4.78 is 20.7. The number of aromatic nitrogens is 5. The molecule has 8 nitrogen and oxygen atoms in total. The van der Waals surface area contributed by atoms with E-state index in [2.05, 4.69) is 30.7 Å². The third-order valence-corrected chi connectivity index (χ3v) is 6.28. The molecule has 0 radical (unpaired) electrons. The number of nitrogens with zero attached hydrogens (tertiary/aromatic N) is 5. The maximum Gasteiger partial charge on any atom is 0.141 e. The molecule has 0 atom stereocenters. The second-order valence-electron chi connectivity index (χ2n) is 8.84. The molecule has 3 heterocycles. The zero-order chi connectivity index (χ0) is 25.9. The van der Waals surface area contributed by atoms with Gasteiger partial charge >= 0.3 is 0 Å². The van der Waals surface area contributed by atoms with Crippen LogP contribution in [0.25, 0.3) is 21.8 Å². The first-order valence-electron chi connectivity index (χ1n) is 12.1. The van der Waals surface area contributed by atoms with Crippen molar-refractivity contribution < 1.29 is 9.13 Å². The summed E-state index contributed by atoms with van der Waals surface area (Å²) in [4.78, 5) is 13.3. The summed E-state index contributed by atoms with van der Waals surface area (Å²) >= 11 is 0. The highest BCUT2D eigenvalue weighted by molar-refractivity contribution is 5.93. The molecule has 3 aromatic carbocycles. The lowest BCUT2D eigenvalue weighted by Crippen LogP contribution is -2.03. The largest absolute Gasteiger partial charge is 0.497 e. The predicted molar refractivity (Wildman–Crippen MR) is 146 cm³/mol. The number of hydrogen-bond acceptors (Lipinski definition) is 7. The van der Waals surface area contributed by atoms with Crippen LogP contribution >= 0.6 is 0 Å². The lowest BCUT2D eigenvalue weighted by Gasteiger charge is -2.11. The van der Waals surface area contributed by atoms with Crippen molar-refractivity contribution in [1.82, 2.24) is 24.7 Å². The van der Waals surface area contributed by atoms with Gasteiger partial charge in [0.15, 0.2) is 0 Å². The molecule has 0 amide bonds. The molecule has 0 spiro atoms. The van der Waals surface area contributed by atoms with Crippen LogP contribution in [0.4, 0.5) is 21.7 Å². The van der Waals surface area contributed by atoms with Crippen molar-refractivity contribution in [3.8, 4) is 5.75 Å². The van der Waals surface area contributed by atoms with Crippen molar-refractivity contribution in [1.29, 1.82) is 0 Å². The van der Waals surface area contributed by atoms with Gasteiger partial charge in [-0.15, -0.1) is 0 Å². The Labute approximate surface area is 218 Å². The first-order valence-corrected chi connectivity index (χ1v) is 12.1. The molecule has 6 aromatic rings. The summed E-state index contributed by atoms with van der Waals surface area (Å²) in [5, 5.41) is 13.1. The summed E-state index contributed by atoms with van der Waals surface area (Å²) in [5.41, 5.74) is 4.53. The number of halogens is 1. The number of anilines is 3. The summed E-state index contributed by atoms with van der Waals surface area (Å²) in [6, 6.07) is 22.4. The number of nitrogens with one attached hydrogen (secondary N) is 2. The first-order chi connectivity index (χ1) is 18.6. The van der Waals surface area contributed by atoms with E-state index >= 15 is 0 Å². The lowest BCUT2D eigenvalue weighted by atomic mass is 10.2. The molecule has 3 aromatic heterocycles. The highest BCUT2D eigenvalue weighted by Crippen LogP contribution is 2.27. The summed E-state index contributed by atoms with van der Waals surface area (Å²) in [7, 11) is 1.65. The van der Waals surface area contributed by atoms with E-state index < -0.39 is 0 Å². The maximum atomic E-state index is 13.6. The Bertz CT molecular complexity index is 1730. The predicted octanol–water partition coefficient (Wildman–Crippen LogP) is 5.93. The molecule has 9 heteroatoms. The van der Waals surface area contributed by atoms with E-state index in [-0.39, 0.29) is 5.82 Å². The molecule has 188 valence electrons. The van der Waals surface area contributed by atoms with Gasteiger partial charge in [-0.25, -0.2) is 19.3 Å². The molecule has 0 aliphatic rings. The van der Waals surface area contributed by atoms with E-state index in [1.54, 1.807) is 19.4 Å². The smallest absolute Gasteiger partial charge is 0.141 e. The molecule has 0 saturated heterocycles. The summed E-state index contributed by atoms with van der Waals surface area (Å²) in [6.45, 7) is 1.11. The van der Waals surface area contributed by atoms with Crippen LogP contribution in [0.5, 0.6) is 5.75 Å². The highest BCUT2D eigenvalue weighted by atomic mass is 19.1. The molecule has 6 rings (SSSR count). The molecule has 2 N–H and O–H groups in total. The zero-order valence-electron chi connectivity index (χ0n) is 20.6. The Balaban J connectivity index is 1.22. The average molecular weight is 506 g/mol. The second-order valence-corrected chi connectivity index (χ2v) is 8.84. The van der Waals surface area contributed by atoms with Gasteiger partial charge in [0.2, 0.25) is 0 Å². The summed E-state index contributed by atoms with van der Waals surface area (Å²) in [5.74, 6) is 1.97. The molecule has 0 unspecified atom stereocenters. The number of ether oxygens (including phenoxy) is 1. The van der Waals surface area contributed by atoms with Crippen molar-refractivity contribution in [2.75, 3.05) is 17.7 Å². The molecule has 0 aliphatic heterocycles. The number of rotatable bonds is 8. The topological polar surface area (TPSA) is 89.8 Å². The van der Waals surface area contributed by atoms with Crippen LogP contribution < -0.4 is 15.4 Å². The van der Waals surface area contributed by atoms with E-state index in [0.717, 1.165) is 50.2 Å². The monoisotopic (exact) mass is 505 g/mol. The van der Waals surface area contributed by atoms with Crippen LogP contribution in [-0.2, 0) is 13.1 Å². The number of pyridine rings is 1. The minimum atomic E-state index is -0.253. The average Bonchev–Trinajstić information content (AvgIpc) is 3.34. The quantitative estimate of drug-likeness (QED) is 0.265. The van der Waals surface area contributed by atoms with Crippen molar-refractivity contribution in [3.05, 3.63) is 108 Å². The van der Waals surface area contributed by atoms with Gasteiger partial charge in [0.25, 0.3) is 0 Å². The van der Waals surface area contributed by atoms with Gasteiger partial charge in [-0.05, 0) is 59.7 Å². The molecule has 0 fully saturated rings. The van der Waals surface area contributed by atoms with Gasteiger partial charge in [0.05, 0.1) is 37.1 Å². The van der Waals surface area contributed by atoms with Crippen LogP contribution in [0, 0.1) is 5.82 Å². The van der Waals surface area contributed by atoms with E-state index in [1.165, 1.54) is 18.5 Å². The Morgan fingerprint density at radius 2 is 1.79 bits per heavy atom. The van der Waals surface area contributed by atoms with Gasteiger partial charge in [0.1, 0.15) is 29.5 Å². The van der Waals surface area contributed by atoms with Gasteiger partial charge in [0, 0.05) is 23.0 Å². The van der Waals surface area contributed by atoms with Crippen molar-refractivity contribution in [3.63, 3.8) is 0 Å². The fraction of sp³-hybridized carbons (Fsp3) is 0.103. The molecular formula is C29H24FN7O. The van der Waals surface area contributed by atoms with Gasteiger partial charge in [-0.2, -0.15) is 5.10 Å². The minimum Gasteiger partial charge on any atom is -0.497 e. The van der Waals surface area contributed by atoms with Crippen LogP contribution in [0.3, 0.4) is 0 Å². The van der Waals surface area contributed by atoms with Crippen LogP contribution in [0.1, 0.15) is 11.1 Å². The Morgan fingerprint density at radius 3 is 2.63 bits per heavy atom. The fourth-order valence-corrected chi connectivity index (χ4v) is 4.33. The van der Waals surface area contributed by atoms with Crippen molar-refractivity contribution >= 4 is 39.1 Å². The van der Waals surface area contributed by atoms with Crippen LogP contribution in [0.15, 0.2) is 91.5 Å². The third-order valence-electron chi connectivity index (χ3n) is 6.28. The third kappa shape index (κ3) is 4.94. The van der Waals surface area contributed by atoms with E-state index in [4.69, 9.17) is 4.74 Å². The van der Waals surface area contributed by atoms with E-state index in [1.807, 2.05) is 65.5 Å². The molecule has 38 heavy (non-hydrogen) atoms. The van der Waals surface area contributed by atoms with Gasteiger partial charge in [-0.3, -0.25) is 4.68 Å². The Morgan fingerprint density at radius 1 is 0.895 bits per heavy atom. The number of fused-ring (bicyclic) bond motifs is 2. The standard InChI is InChI=1S/C29H24FN7O/c1-38-24-8-5-19(6-9-24)14-31-28-13-25-26(16-32-28)33-18-34-29(25)36-23-7-10-27-21(12-23)15-35-37(27)17-20-3-2-4-22(30)11-20/h2-13,15-16,18H,14,17H2,1H3,(H,31,32)(H,33,34,36).